The molecule has 13 heteroatoms. The number of anilines is 3. The van der Waals surface area contributed by atoms with Crippen molar-refractivity contribution in [3.63, 3.8) is 0 Å². The molecule has 3 aromatic rings. The highest BCUT2D eigenvalue weighted by molar-refractivity contribution is 8.01. The summed E-state index contributed by atoms with van der Waals surface area (Å²) >= 11 is 3.10. The van der Waals surface area contributed by atoms with Gasteiger partial charge in [0.2, 0.25) is 5.91 Å². The number of carbonyl (C=O) groups is 2. The van der Waals surface area contributed by atoms with Gasteiger partial charge in [-0.25, -0.2) is 15.0 Å². The Morgan fingerprint density at radius 3 is 2.48 bits per heavy atom. The monoisotopic (exact) mass is 610 g/mol. The van der Waals surface area contributed by atoms with Crippen molar-refractivity contribution in [1.82, 2.24) is 29.7 Å². The van der Waals surface area contributed by atoms with Crippen molar-refractivity contribution in [1.29, 1.82) is 0 Å². The first-order valence-corrected chi connectivity index (χ1v) is 15.7. The molecular formula is C29H38N8O3S2. The maximum atomic E-state index is 13.5. The normalized spacial score (nSPS) is 17.2. The van der Waals surface area contributed by atoms with Gasteiger partial charge < -0.3 is 29.7 Å². The van der Waals surface area contributed by atoms with Gasteiger partial charge in [0.15, 0.2) is 5.13 Å². The lowest BCUT2D eigenvalue weighted by Gasteiger charge is -2.34. The quantitative estimate of drug-likeness (QED) is 0.404. The van der Waals surface area contributed by atoms with Crippen LogP contribution in [0.4, 0.5) is 16.8 Å². The molecule has 0 saturated carbocycles. The van der Waals surface area contributed by atoms with Crippen LogP contribution in [0.3, 0.4) is 0 Å². The van der Waals surface area contributed by atoms with Crippen LogP contribution in [0.2, 0.25) is 0 Å². The molecule has 0 radical (unpaired) electrons. The smallest absolute Gasteiger partial charge is 0.257 e. The van der Waals surface area contributed by atoms with Gasteiger partial charge in [0.05, 0.1) is 23.1 Å². The Hall–Kier alpha value is -3.42. The summed E-state index contributed by atoms with van der Waals surface area (Å²) in [6, 6.07) is 6.32. The van der Waals surface area contributed by atoms with E-state index in [-0.39, 0.29) is 11.8 Å². The maximum absolute atomic E-state index is 13.5. The highest BCUT2D eigenvalue weighted by atomic mass is 32.2. The molecule has 0 spiro atoms. The Morgan fingerprint density at radius 1 is 1.07 bits per heavy atom. The molecule has 42 heavy (non-hydrogen) atoms. The molecule has 1 N–H and O–H groups in total. The van der Waals surface area contributed by atoms with Crippen molar-refractivity contribution in [3.8, 4) is 5.75 Å². The molecule has 2 fully saturated rings. The number of hydrogen-bond acceptors (Lipinski definition) is 11. The third kappa shape index (κ3) is 6.79. The van der Waals surface area contributed by atoms with Crippen LogP contribution in [0, 0.1) is 13.8 Å². The Balaban J connectivity index is 1.29. The number of benzene rings is 1. The predicted molar refractivity (Wildman–Crippen MR) is 166 cm³/mol. The minimum absolute atomic E-state index is 0.0344. The summed E-state index contributed by atoms with van der Waals surface area (Å²) < 4.78 is 6.57. The first-order valence-electron chi connectivity index (χ1n) is 14.0. The number of hydrogen-bond donors (Lipinski definition) is 1. The second-order valence-electron chi connectivity index (χ2n) is 10.8. The van der Waals surface area contributed by atoms with E-state index in [0.717, 1.165) is 50.9 Å². The largest absolute Gasteiger partial charge is 0.496 e. The van der Waals surface area contributed by atoms with Gasteiger partial charge in [-0.05, 0) is 52.1 Å². The van der Waals surface area contributed by atoms with Gasteiger partial charge in [-0.2, -0.15) is 0 Å². The zero-order valence-electron chi connectivity index (χ0n) is 25.0. The minimum atomic E-state index is -0.0894. The Kier molecular flexibility index (Phi) is 9.19. The first-order chi connectivity index (χ1) is 20.1. The van der Waals surface area contributed by atoms with E-state index in [9.17, 15) is 9.59 Å². The van der Waals surface area contributed by atoms with E-state index in [1.807, 2.05) is 38.2 Å². The molecule has 1 aromatic carbocycles. The Morgan fingerprint density at radius 2 is 1.81 bits per heavy atom. The Bertz CT molecular complexity index is 1450. The molecule has 0 bridgehead atoms. The predicted octanol–water partition coefficient (Wildman–Crippen LogP) is 3.90. The van der Waals surface area contributed by atoms with E-state index < -0.39 is 0 Å². The summed E-state index contributed by atoms with van der Waals surface area (Å²) in [6.07, 6.45) is 2.95. The van der Waals surface area contributed by atoms with Crippen LogP contribution in [-0.4, -0.2) is 108 Å². The van der Waals surface area contributed by atoms with Gasteiger partial charge in [0.1, 0.15) is 23.2 Å². The van der Waals surface area contributed by atoms with Crippen molar-refractivity contribution in [3.05, 3.63) is 41.3 Å². The van der Waals surface area contributed by atoms with Gasteiger partial charge in [-0.3, -0.25) is 9.59 Å². The highest BCUT2D eigenvalue weighted by Gasteiger charge is 2.27. The summed E-state index contributed by atoms with van der Waals surface area (Å²) in [5.41, 5.74) is 1.53. The number of aryl methyl sites for hydroxylation is 2. The van der Waals surface area contributed by atoms with E-state index in [2.05, 4.69) is 44.2 Å². The second-order valence-corrected chi connectivity index (χ2v) is 13.2. The van der Waals surface area contributed by atoms with Crippen molar-refractivity contribution >= 4 is 51.7 Å². The molecule has 5 rings (SSSR count). The third-order valence-corrected chi connectivity index (χ3v) is 9.89. The number of rotatable bonds is 8. The van der Waals surface area contributed by atoms with Crippen LogP contribution < -0.4 is 15.0 Å². The molecule has 2 aliphatic rings. The highest BCUT2D eigenvalue weighted by Crippen LogP contribution is 2.39. The van der Waals surface area contributed by atoms with Crippen LogP contribution in [0.15, 0.2) is 33.5 Å². The molecule has 2 amide bonds. The molecule has 0 unspecified atom stereocenters. The zero-order valence-corrected chi connectivity index (χ0v) is 26.6. The molecular weight excluding hydrogens is 573 g/mol. The number of likely N-dealkylation sites (N-methyl/N-ethyl adjacent to an activating group) is 1. The van der Waals surface area contributed by atoms with Gasteiger partial charge in [-0.1, -0.05) is 23.1 Å². The number of piperazine rings is 1. The fraction of sp³-hybridized carbons (Fsp3) is 0.483. The molecule has 224 valence electrons. The molecule has 2 saturated heterocycles. The van der Waals surface area contributed by atoms with Crippen LogP contribution in [0.1, 0.15) is 35.1 Å². The average molecular weight is 611 g/mol. The van der Waals surface area contributed by atoms with Crippen LogP contribution >= 0.6 is 23.1 Å². The molecule has 2 aliphatic heterocycles. The zero-order chi connectivity index (χ0) is 30.0. The third-order valence-electron chi connectivity index (χ3n) is 7.71. The van der Waals surface area contributed by atoms with Gasteiger partial charge >= 0.3 is 0 Å². The fourth-order valence-corrected chi connectivity index (χ4v) is 7.18. The molecule has 1 atom stereocenters. The minimum Gasteiger partial charge on any atom is -0.496 e. The number of carbonyl (C=O) groups excluding carboxylic acids is 2. The summed E-state index contributed by atoms with van der Waals surface area (Å²) in [7, 11) is 5.82. The van der Waals surface area contributed by atoms with E-state index in [0.29, 0.717) is 49.4 Å². The summed E-state index contributed by atoms with van der Waals surface area (Å²) in [5.74, 6) is 2.85. The standard InChI is InChI=1S/C29H38N8O3S2/c1-18-13-23(40-6)22(28(39)36-11-9-35(10-12-36)20(3)38)14-24(18)41-27-16-30-29(42-27)33-25-15-26(32-19(2)31-25)37-8-7-21(17-37)34(4)5/h13-16,21H,7-12,17H2,1-6H3,(H,30,31,32,33)/t21-/m0/s1. The lowest BCUT2D eigenvalue weighted by Crippen LogP contribution is -2.50. The van der Waals surface area contributed by atoms with E-state index in [4.69, 9.17) is 4.74 Å². The van der Waals surface area contributed by atoms with Crippen LogP contribution in [-0.2, 0) is 4.79 Å². The number of methoxy groups -OCH3 is 1. The Labute approximate surface area is 255 Å². The van der Waals surface area contributed by atoms with Gasteiger partial charge in [0.25, 0.3) is 5.91 Å². The SMILES string of the molecule is COc1cc(C)c(Sc2cnc(Nc3cc(N4CC[C@H](N(C)C)C4)nc(C)n3)s2)cc1C(=O)N1CCN(C(C)=O)CC1. The number of amides is 2. The molecule has 2 aromatic heterocycles. The van der Waals surface area contributed by atoms with Crippen molar-refractivity contribution in [2.75, 3.05) is 70.7 Å². The summed E-state index contributed by atoms with van der Waals surface area (Å²) in [4.78, 5) is 48.1. The summed E-state index contributed by atoms with van der Waals surface area (Å²) in [5, 5.41) is 4.10. The number of ether oxygens (including phenoxy) is 1. The van der Waals surface area contributed by atoms with E-state index in [1.165, 1.54) is 11.3 Å². The van der Waals surface area contributed by atoms with Crippen molar-refractivity contribution < 1.29 is 14.3 Å². The molecule has 4 heterocycles. The van der Waals surface area contributed by atoms with Crippen LogP contribution in [0.25, 0.3) is 0 Å². The second kappa shape index (κ2) is 12.8. The molecule has 0 aliphatic carbocycles. The average Bonchev–Trinajstić information content (AvgIpc) is 3.63. The first kappa shape index (κ1) is 30.1. The lowest BCUT2D eigenvalue weighted by molar-refractivity contribution is -0.130. The van der Waals surface area contributed by atoms with E-state index >= 15 is 0 Å². The molecule has 11 nitrogen and oxygen atoms in total. The lowest BCUT2D eigenvalue weighted by atomic mass is 10.1. The fourth-order valence-electron chi connectivity index (χ4n) is 5.23. The van der Waals surface area contributed by atoms with Crippen molar-refractivity contribution in [2.45, 2.75) is 42.3 Å². The number of aromatic nitrogens is 3. The number of nitrogens with one attached hydrogen (secondary N) is 1. The van der Waals surface area contributed by atoms with Gasteiger partial charge in [-0.15, -0.1) is 0 Å². The van der Waals surface area contributed by atoms with Crippen molar-refractivity contribution in [2.24, 2.45) is 0 Å². The van der Waals surface area contributed by atoms with E-state index in [1.54, 1.807) is 35.6 Å². The number of thiazole rings is 1. The summed E-state index contributed by atoms with van der Waals surface area (Å²) in [6.45, 7) is 9.47. The van der Waals surface area contributed by atoms with Crippen LogP contribution in [0.5, 0.6) is 5.75 Å². The topological polar surface area (TPSA) is 107 Å². The number of nitrogens with zero attached hydrogens (tertiary/aromatic N) is 7. The maximum Gasteiger partial charge on any atom is 0.257 e. The van der Waals surface area contributed by atoms with Gasteiger partial charge in [0, 0.05) is 63.2 Å².